The number of benzene rings is 1. The van der Waals surface area contributed by atoms with Crippen LogP contribution in [0.5, 0.6) is 0 Å². The Labute approximate surface area is 86.8 Å². The SMILES string of the molecule is Cc1ccc(CC(=N)N)c(C)c1Br. The van der Waals surface area contributed by atoms with Crippen LogP contribution in [0.15, 0.2) is 16.6 Å². The molecule has 0 aliphatic rings. The molecule has 1 aromatic rings. The van der Waals surface area contributed by atoms with Crippen molar-refractivity contribution in [2.75, 3.05) is 0 Å². The van der Waals surface area contributed by atoms with Crippen molar-refractivity contribution in [3.05, 3.63) is 33.3 Å². The van der Waals surface area contributed by atoms with Crippen molar-refractivity contribution in [3.63, 3.8) is 0 Å². The molecule has 3 N–H and O–H groups in total. The molecule has 2 nitrogen and oxygen atoms in total. The van der Waals surface area contributed by atoms with Crippen molar-refractivity contribution in [1.29, 1.82) is 5.41 Å². The standard InChI is InChI=1S/C10H13BrN2/c1-6-3-4-8(5-9(12)13)7(2)10(6)11/h3-4H,5H2,1-2H3,(H3,12,13). The molecule has 0 saturated carbocycles. The highest BCUT2D eigenvalue weighted by atomic mass is 79.9. The number of rotatable bonds is 2. The Bertz CT molecular complexity index is 345. The average molecular weight is 241 g/mol. The van der Waals surface area contributed by atoms with Gasteiger partial charge in [0.05, 0.1) is 5.84 Å². The van der Waals surface area contributed by atoms with E-state index in [0.29, 0.717) is 6.42 Å². The summed E-state index contributed by atoms with van der Waals surface area (Å²) in [5.74, 6) is 0.207. The molecule has 0 aliphatic carbocycles. The molecule has 70 valence electrons. The second kappa shape index (κ2) is 3.92. The Morgan fingerprint density at radius 2 is 2.08 bits per heavy atom. The van der Waals surface area contributed by atoms with Crippen LogP contribution in [0.2, 0.25) is 0 Å². The molecule has 1 aromatic carbocycles. The molecule has 3 heteroatoms. The molecule has 0 bridgehead atoms. The molecule has 1 rings (SSSR count). The Hall–Kier alpha value is -0.830. The fraction of sp³-hybridized carbons (Fsp3) is 0.300. The number of amidine groups is 1. The van der Waals surface area contributed by atoms with Gasteiger partial charge in [-0.2, -0.15) is 0 Å². The lowest BCUT2D eigenvalue weighted by atomic mass is 10.0. The van der Waals surface area contributed by atoms with Gasteiger partial charge in [-0.3, -0.25) is 5.41 Å². The summed E-state index contributed by atoms with van der Waals surface area (Å²) in [4.78, 5) is 0. The maximum absolute atomic E-state index is 7.22. The molecular weight excluding hydrogens is 228 g/mol. The van der Waals surface area contributed by atoms with Gasteiger partial charge in [-0.25, -0.2) is 0 Å². The Kier molecular flexibility index (Phi) is 3.09. The zero-order valence-electron chi connectivity index (χ0n) is 7.82. The van der Waals surface area contributed by atoms with Gasteiger partial charge in [0.1, 0.15) is 0 Å². The third-order valence-corrected chi connectivity index (χ3v) is 3.29. The lowest BCUT2D eigenvalue weighted by Crippen LogP contribution is -2.13. The van der Waals surface area contributed by atoms with Gasteiger partial charge in [-0.1, -0.05) is 28.1 Å². The molecule has 0 unspecified atom stereocenters. The number of hydrogen-bond donors (Lipinski definition) is 2. The minimum Gasteiger partial charge on any atom is -0.387 e. The fourth-order valence-electron chi connectivity index (χ4n) is 1.26. The van der Waals surface area contributed by atoms with E-state index in [9.17, 15) is 0 Å². The molecule has 0 radical (unpaired) electrons. The maximum atomic E-state index is 7.22. The zero-order chi connectivity index (χ0) is 10.0. The minimum absolute atomic E-state index is 0.207. The molecule has 0 amide bonds. The van der Waals surface area contributed by atoms with Crippen molar-refractivity contribution >= 4 is 21.8 Å². The van der Waals surface area contributed by atoms with Crippen molar-refractivity contribution in [3.8, 4) is 0 Å². The highest BCUT2D eigenvalue weighted by molar-refractivity contribution is 9.10. The first-order valence-corrected chi connectivity index (χ1v) is 4.89. The predicted octanol–water partition coefficient (Wildman–Crippen LogP) is 2.54. The van der Waals surface area contributed by atoms with E-state index in [1.807, 2.05) is 19.1 Å². The maximum Gasteiger partial charge on any atom is 0.0950 e. The minimum atomic E-state index is 0.207. The first-order valence-electron chi connectivity index (χ1n) is 4.10. The van der Waals surface area contributed by atoms with Gasteiger partial charge in [0, 0.05) is 10.9 Å². The lowest BCUT2D eigenvalue weighted by Gasteiger charge is -2.08. The Balaban J connectivity index is 3.10. The van der Waals surface area contributed by atoms with Gasteiger partial charge in [0.25, 0.3) is 0 Å². The number of aryl methyl sites for hydroxylation is 1. The van der Waals surface area contributed by atoms with E-state index in [4.69, 9.17) is 11.1 Å². The first-order chi connectivity index (χ1) is 6.02. The van der Waals surface area contributed by atoms with Crippen molar-refractivity contribution in [1.82, 2.24) is 0 Å². The van der Waals surface area contributed by atoms with E-state index in [-0.39, 0.29) is 5.84 Å². The van der Waals surface area contributed by atoms with E-state index in [1.165, 1.54) is 11.1 Å². The Morgan fingerprint density at radius 1 is 1.46 bits per heavy atom. The van der Waals surface area contributed by atoms with E-state index in [2.05, 4.69) is 22.9 Å². The largest absolute Gasteiger partial charge is 0.387 e. The number of halogens is 1. The third kappa shape index (κ3) is 2.31. The summed E-state index contributed by atoms with van der Waals surface area (Å²) in [5, 5.41) is 7.22. The van der Waals surface area contributed by atoms with Gasteiger partial charge < -0.3 is 5.73 Å². The van der Waals surface area contributed by atoms with Crippen LogP contribution in [0.3, 0.4) is 0 Å². The summed E-state index contributed by atoms with van der Waals surface area (Å²) in [5.41, 5.74) is 8.85. The van der Waals surface area contributed by atoms with Crippen LogP contribution >= 0.6 is 15.9 Å². The smallest absolute Gasteiger partial charge is 0.0950 e. The van der Waals surface area contributed by atoms with E-state index in [0.717, 1.165) is 10.0 Å². The third-order valence-electron chi connectivity index (χ3n) is 2.07. The van der Waals surface area contributed by atoms with Gasteiger partial charge in [-0.05, 0) is 30.5 Å². The van der Waals surface area contributed by atoms with Crippen LogP contribution in [0.1, 0.15) is 16.7 Å². The van der Waals surface area contributed by atoms with Crippen molar-refractivity contribution < 1.29 is 0 Å². The van der Waals surface area contributed by atoms with E-state index < -0.39 is 0 Å². The van der Waals surface area contributed by atoms with Crippen LogP contribution in [0.4, 0.5) is 0 Å². The second-order valence-corrected chi connectivity index (χ2v) is 3.98. The van der Waals surface area contributed by atoms with Crippen molar-refractivity contribution in [2.24, 2.45) is 5.73 Å². The summed E-state index contributed by atoms with van der Waals surface area (Å²) in [7, 11) is 0. The lowest BCUT2D eigenvalue weighted by molar-refractivity contribution is 1.18. The number of nitrogens with one attached hydrogen (secondary N) is 1. The molecule has 0 heterocycles. The van der Waals surface area contributed by atoms with Gasteiger partial charge >= 0.3 is 0 Å². The summed E-state index contributed by atoms with van der Waals surface area (Å²) >= 11 is 3.51. The summed E-state index contributed by atoms with van der Waals surface area (Å²) < 4.78 is 1.12. The summed E-state index contributed by atoms with van der Waals surface area (Å²) in [6.45, 7) is 4.09. The van der Waals surface area contributed by atoms with E-state index >= 15 is 0 Å². The summed E-state index contributed by atoms with van der Waals surface area (Å²) in [6.07, 6.45) is 0.532. The first kappa shape index (κ1) is 10.3. The molecule has 13 heavy (non-hydrogen) atoms. The average Bonchev–Trinajstić information content (AvgIpc) is 2.06. The fourth-order valence-corrected chi connectivity index (χ4v) is 1.64. The van der Waals surface area contributed by atoms with Crippen LogP contribution in [-0.2, 0) is 6.42 Å². The molecular formula is C10H13BrN2. The van der Waals surface area contributed by atoms with Gasteiger partial charge in [0.15, 0.2) is 0 Å². The summed E-state index contributed by atoms with van der Waals surface area (Å²) in [6, 6.07) is 4.06. The van der Waals surface area contributed by atoms with E-state index in [1.54, 1.807) is 0 Å². The predicted molar refractivity (Wildman–Crippen MR) is 59.2 cm³/mol. The Morgan fingerprint density at radius 3 is 2.62 bits per heavy atom. The van der Waals surface area contributed by atoms with Gasteiger partial charge in [0.2, 0.25) is 0 Å². The van der Waals surface area contributed by atoms with Crippen LogP contribution < -0.4 is 5.73 Å². The highest BCUT2D eigenvalue weighted by Crippen LogP contribution is 2.23. The highest BCUT2D eigenvalue weighted by Gasteiger charge is 2.05. The zero-order valence-corrected chi connectivity index (χ0v) is 9.40. The monoisotopic (exact) mass is 240 g/mol. The number of nitrogens with two attached hydrogens (primary N) is 1. The number of hydrogen-bond acceptors (Lipinski definition) is 1. The molecule has 0 aromatic heterocycles. The normalized spacial score (nSPS) is 10.1. The van der Waals surface area contributed by atoms with Crippen molar-refractivity contribution in [2.45, 2.75) is 20.3 Å². The molecule has 0 aliphatic heterocycles. The quantitative estimate of drug-likeness (QED) is 0.606. The van der Waals surface area contributed by atoms with Crippen LogP contribution in [-0.4, -0.2) is 5.84 Å². The van der Waals surface area contributed by atoms with Gasteiger partial charge in [-0.15, -0.1) is 0 Å². The topological polar surface area (TPSA) is 49.9 Å². The second-order valence-electron chi connectivity index (χ2n) is 3.18. The molecule has 0 atom stereocenters. The molecule has 0 spiro atoms. The van der Waals surface area contributed by atoms with Crippen LogP contribution in [0.25, 0.3) is 0 Å². The molecule has 0 fully saturated rings. The molecule has 0 saturated heterocycles. The van der Waals surface area contributed by atoms with Crippen LogP contribution in [0, 0.1) is 19.3 Å².